The quantitative estimate of drug-likeness (QED) is 0.634. The van der Waals surface area contributed by atoms with Crippen LogP contribution < -0.4 is 10.6 Å². The fourth-order valence-corrected chi connectivity index (χ4v) is 3.30. The lowest BCUT2D eigenvalue weighted by molar-refractivity contribution is 0.102. The van der Waals surface area contributed by atoms with Crippen molar-refractivity contribution in [2.24, 2.45) is 0 Å². The van der Waals surface area contributed by atoms with E-state index in [0.717, 1.165) is 13.0 Å². The molecule has 3 aromatic rings. The number of halogens is 2. The number of hydrogen-bond acceptors (Lipinski definition) is 5. The van der Waals surface area contributed by atoms with Gasteiger partial charge in [0.25, 0.3) is 5.91 Å². The summed E-state index contributed by atoms with van der Waals surface area (Å²) >= 11 is 13.1. The van der Waals surface area contributed by atoms with Crippen molar-refractivity contribution in [3.63, 3.8) is 0 Å². The number of nitrogens with one attached hydrogen (secondary N) is 2. The standard InChI is InChI=1S/C17H14Cl2N4OS/c18-12-6-7-13(14(19)10-12)15(24)21-17-23-22-16(25-17)20-9-8-11-4-2-1-3-5-11/h1-7,10H,8-9H2,(H,20,22)(H,21,23,24). The van der Waals surface area contributed by atoms with Gasteiger partial charge in [-0.05, 0) is 30.2 Å². The van der Waals surface area contributed by atoms with Gasteiger partial charge in [0.15, 0.2) is 0 Å². The third kappa shape index (κ3) is 4.92. The smallest absolute Gasteiger partial charge is 0.259 e. The number of nitrogens with zero attached hydrogens (tertiary/aromatic N) is 2. The molecule has 0 aliphatic heterocycles. The van der Waals surface area contributed by atoms with E-state index in [1.807, 2.05) is 18.2 Å². The third-order valence-corrected chi connectivity index (χ3v) is 4.70. The highest BCUT2D eigenvalue weighted by molar-refractivity contribution is 7.19. The molecule has 5 nitrogen and oxygen atoms in total. The molecule has 2 aromatic carbocycles. The van der Waals surface area contributed by atoms with Gasteiger partial charge < -0.3 is 5.32 Å². The van der Waals surface area contributed by atoms with Gasteiger partial charge in [0.1, 0.15) is 0 Å². The Morgan fingerprint density at radius 1 is 1.04 bits per heavy atom. The Kier molecular flexibility index (Phi) is 5.86. The van der Waals surface area contributed by atoms with Crippen molar-refractivity contribution in [1.29, 1.82) is 0 Å². The third-order valence-electron chi connectivity index (χ3n) is 3.35. The molecule has 0 radical (unpaired) electrons. The van der Waals surface area contributed by atoms with Crippen molar-refractivity contribution in [3.05, 3.63) is 69.7 Å². The summed E-state index contributed by atoms with van der Waals surface area (Å²) in [6.07, 6.45) is 0.877. The van der Waals surface area contributed by atoms with E-state index in [1.165, 1.54) is 23.0 Å². The van der Waals surface area contributed by atoms with Crippen molar-refractivity contribution in [2.45, 2.75) is 6.42 Å². The van der Waals surface area contributed by atoms with Crippen LogP contribution >= 0.6 is 34.5 Å². The van der Waals surface area contributed by atoms with Crippen LogP contribution in [0.4, 0.5) is 10.3 Å². The molecule has 0 fully saturated rings. The van der Waals surface area contributed by atoms with E-state index in [-0.39, 0.29) is 10.9 Å². The van der Waals surface area contributed by atoms with Crippen LogP contribution in [-0.2, 0) is 6.42 Å². The van der Waals surface area contributed by atoms with Gasteiger partial charge in [-0.2, -0.15) is 0 Å². The van der Waals surface area contributed by atoms with Crippen molar-refractivity contribution < 1.29 is 4.79 Å². The van der Waals surface area contributed by atoms with Crippen LogP contribution in [0, 0.1) is 0 Å². The fraction of sp³-hybridized carbons (Fsp3) is 0.118. The largest absolute Gasteiger partial charge is 0.360 e. The first-order chi connectivity index (χ1) is 12.1. The van der Waals surface area contributed by atoms with Crippen LogP contribution in [0.25, 0.3) is 0 Å². The molecule has 0 aliphatic rings. The maximum absolute atomic E-state index is 12.2. The normalized spacial score (nSPS) is 10.5. The zero-order valence-electron chi connectivity index (χ0n) is 13.0. The Hall–Kier alpha value is -2.15. The zero-order valence-corrected chi connectivity index (χ0v) is 15.3. The molecular formula is C17H14Cl2N4OS. The molecule has 3 rings (SSSR count). The highest BCUT2D eigenvalue weighted by Gasteiger charge is 2.13. The molecule has 1 amide bonds. The SMILES string of the molecule is O=C(Nc1nnc(NCCc2ccccc2)s1)c1ccc(Cl)cc1Cl. The van der Waals surface area contributed by atoms with E-state index in [4.69, 9.17) is 23.2 Å². The Labute approximate surface area is 159 Å². The van der Waals surface area contributed by atoms with E-state index < -0.39 is 0 Å². The molecule has 2 N–H and O–H groups in total. The monoisotopic (exact) mass is 392 g/mol. The van der Waals surface area contributed by atoms with Crippen molar-refractivity contribution >= 4 is 50.7 Å². The molecule has 0 atom stereocenters. The number of carbonyl (C=O) groups is 1. The Morgan fingerprint density at radius 2 is 1.80 bits per heavy atom. The second kappa shape index (κ2) is 8.29. The Morgan fingerprint density at radius 3 is 2.56 bits per heavy atom. The summed E-state index contributed by atoms with van der Waals surface area (Å²) < 4.78 is 0. The van der Waals surface area contributed by atoms with Crippen LogP contribution in [0.3, 0.4) is 0 Å². The van der Waals surface area contributed by atoms with Crippen LogP contribution in [0.15, 0.2) is 48.5 Å². The second-order valence-corrected chi connectivity index (χ2v) is 6.97. The summed E-state index contributed by atoms with van der Waals surface area (Å²) in [4.78, 5) is 12.2. The number of anilines is 2. The first kappa shape index (κ1) is 17.7. The second-order valence-electron chi connectivity index (χ2n) is 5.15. The molecule has 1 aromatic heterocycles. The summed E-state index contributed by atoms with van der Waals surface area (Å²) in [5.41, 5.74) is 1.57. The van der Waals surface area contributed by atoms with Gasteiger partial charge in [-0.1, -0.05) is 64.9 Å². The predicted octanol–water partition coefficient (Wildman–Crippen LogP) is 4.75. The van der Waals surface area contributed by atoms with Gasteiger partial charge in [-0.25, -0.2) is 0 Å². The predicted molar refractivity (Wildman–Crippen MR) is 103 cm³/mol. The minimum Gasteiger partial charge on any atom is -0.360 e. The van der Waals surface area contributed by atoms with Crippen LogP contribution in [0.5, 0.6) is 0 Å². The van der Waals surface area contributed by atoms with Gasteiger partial charge >= 0.3 is 0 Å². The minimum atomic E-state index is -0.353. The van der Waals surface area contributed by atoms with Crippen molar-refractivity contribution in [1.82, 2.24) is 10.2 Å². The molecule has 1 heterocycles. The molecule has 0 saturated carbocycles. The number of amides is 1. The van der Waals surface area contributed by atoms with E-state index in [2.05, 4.69) is 33.0 Å². The van der Waals surface area contributed by atoms with Gasteiger partial charge in [0.2, 0.25) is 10.3 Å². The topological polar surface area (TPSA) is 66.9 Å². The minimum absolute atomic E-state index is 0.288. The van der Waals surface area contributed by atoms with E-state index in [9.17, 15) is 4.79 Å². The lowest BCUT2D eigenvalue weighted by Crippen LogP contribution is -2.12. The van der Waals surface area contributed by atoms with Crippen LogP contribution in [-0.4, -0.2) is 22.6 Å². The molecule has 128 valence electrons. The average molecular weight is 393 g/mol. The zero-order chi connectivity index (χ0) is 17.6. The fourth-order valence-electron chi connectivity index (χ4n) is 2.14. The summed E-state index contributed by atoms with van der Waals surface area (Å²) in [6.45, 7) is 0.732. The van der Waals surface area contributed by atoms with Crippen molar-refractivity contribution in [3.8, 4) is 0 Å². The summed E-state index contributed by atoms with van der Waals surface area (Å²) in [6, 6.07) is 14.9. The lowest BCUT2D eigenvalue weighted by Gasteiger charge is -2.04. The number of aromatic nitrogens is 2. The first-order valence-corrected chi connectivity index (χ1v) is 9.07. The number of rotatable bonds is 6. The van der Waals surface area contributed by atoms with Crippen molar-refractivity contribution in [2.75, 3.05) is 17.2 Å². The number of hydrogen-bond donors (Lipinski definition) is 2. The van der Waals surface area contributed by atoms with Crippen LogP contribution in [0.1, 0.15) is 15.9 Å². The molecule has 0 aliphatic carbocycles. The highest BCUT2D eigenvalue weighted by Crippen LogP contribution is 2.24. The van der Waals surface area contributed by atoms with Gasteiger partial charge in [0.05, 0.1) is 10.6 Å². The highest BCUT2D eigenvalue weighted by atomic mass is 35.5. The number of carbonyl (C=O) groups excluding carboxylic acids is 1. The first-order valence-electron chi connectivity index (χ1n) is 7.49. The summed E-state index contributed by atoms with van der Waals surface area (Å²) in [5.74, 6) is -0.353. The molecule has 25 heavy (non-hydrogen) atoms. The summed E-state index contributed by atoms with van der Waals surface area (Å²) in [7, 11) is 0. The molecule has 0 bridgehead atoms. The molecule has 0 spiro atoms. The van der Waals surface area contributed by atoms with Gasteiger partial charge in [0, 0.05) is 11.6 Å². The van der Waals surface area contributed by atoms with Gasteiger partial charge in [-0.3, -0.25) is 10.1 Å². The van der Waals surface area contributed by atoms with E-state index in [1.54, 1.807) is 12.1 Å². The number of benzene rings is 2. The molecular weight excluding hydrogens is 379 g/mol. The Balaban J connectivity index is 1.55. The van der Waals surface area contributed by atoms with Crippen LogP contribution in [0.2, 0.25) is 10.0 Å². The Bertz CT molecular complexity index is 870. The average Bonchev–Trinajstić information content (AvgIpc) is 3.03. The maximum atomic E-state index is 12.2. The maximum Gasteiger partial charge on any atom is 0.259 e. The van der Waals surface area contributed by atoms with E-state index >= 15 is 0 Å². The molecule has 0 saturated heterocycles. The summed E-state index contributed by atoms with van der Waals surface area (Å²) in [5, 5.41) is 15.7. The van der Waals surface area contributed by atoms with E-state index in [0.29, 0.717) is 20.8 Å². The molecule has 8 heteroatoms. The lowest BCUT2D eigenvalue weighted by atomic mass is 10.2. The molecule has 0 unspecified atom stereocenters. The van der Waals surface area contributed by atoms with Gasteiger partial charge in [-0.15, -0.1) is 10.2 Å².